The summed E-state index contributed by atoms with van der Waals surface area (Å²) < 4.78 is 33.6. The largest absolute Gasteiger partial charge is 0.507 e. The van der Waals surface area contributed by atoms with Gasteiger partial charge in [-0.05, 0) is 48.9 Å². The molecule has 0 radical (unpaired) electrons. The number of carbonyl (C=O) groups is 2. The van der Waals surface area contributed by atoms with E-state index in [2.05, 4.69) is 4.98 Å². The molecule has 1 aromatic heterocycles. The van der Waals surface area contributed by atoms with E-state index in [0.29, 0.717) is 24.0 Å². The van der Waals surface area contributed by atoms with Crippen LogP contribution in [-0.2, 0) is 9.59 Å². The van der Waals surface area contributed by atoms with Crippen LogP contribution in [0.2, 0.25) is 5.02 Å². The molecule has 1 aliphatic rings. The van der Waals surface area contributed by atoms with Gasteiger partial charge >= 0.3 is 0 Å². The van der Waals surface area contributed by atoms with Gasteiger partial charge in [0.1, 0.15) is 23.1 Å². The van der Waals surface area contributed by atoms with Crippen LogP contribution in [0.1, 0.15) is 24.1 Å². The standard InChI is InChI=1S/C24H17ClF2N2O4/c1-2-33-15-6-7-17(25)16(11-15)22(30)20-21(13-4-3-9-28-12-13)29(24(32)23(20)31)19-8-5-14(26)10-18(19)27/h3-12,21,30H,2H2,1H3/b22-20+. The number of carbonyl (C=O) groups excluding carboxylic acids is 2. The van der Waals surface area contributed by atoms with Crippen molar-refractivity contribution < 1.29 is 28.2 Å². The summed E-state index contributed by atoms with van der Waals surface area (Å²) in [6.45, 7) is 2.13. The Morgan fingerprint density at radius 1 is 1.18 bits per heavy atom. The minimum absolute atomic E-state index is 0.0640. The van der Waals surface area contributed by atoms with Gasteiger partial charge in [0.05, 0.1) is 28.9 Å². The van der Waals surface area contributed by atoms with Crippen molar-refractivity contribution in [1.29, 1.82) is 0 Å². The van der Waals surface area contributed by atoms with Crippen molar-refractivity contribution >= 4 is 34.7 Å². The number of aromatic nitrogens is 1. The average Bonchev–Trinajstić information content (AvgIpc) is 3.06. The molecule has 1 unspecified atom stereocenters. The molecular formula is C24H17ClF2N2O4. The van der Waals surface area contributed by atoms with E-state index in [9.17, 15) is 23.5 Å². The third-order valence-electron chi connectivity index (χ3n) is 5.12. The summed E-state index contributed by atoms with van der Waals surface area (Å²) in [5, 5.41) is 11.3. The lowest BCUT2D eigenvalue weighted by Gasteiger charge is -2.25. The zero-order valence-corrected chi connectivity index (χ0v) is 18.0. The third-order valence-corrected chi connectivity index (χ3v) is 5.45. The summed E-state index contributed by atoms with van der Waals surface area (Å²) in [6.07, 6.45) is 2.87. The lowest BCUT2D eigenvalue weighted by atomic mass is 9.96. The molecule has 1 N–H and O–H groups in total. The van der Waals surface area contributed by atoms with E-state index in [1.807, 2.05) is 0 Å². The van der Waals surface area contributed by atoms with Gasteiger partial charge in [-0.25, -0.2) is 8.78 Å². The Balaban J connectivity index is 1.96. The van der Waals surface area contributed by atoms with Crippen molar-refractivity contribution in [1.82, 2.24) is 4.98 Å². The number of rotatable bonds is 5. The number of hydrogen-bond donors (Lipinski definition) is 1. The maximum Gasteiger partial charge on any atom is 0.300 e. The highest BCUT2D eigenvalue weighted by Crippen LogP contribution is 2.43. The van der Waals surface area contributed by atoms with E-state index < -0.39 is 35.1 Å². The number of benzene rings is 2. The highest BCUT2D eigenvalue weighted by Gasteiger charge is 2.48. The first-order valence-corrected chi connectivity index (χ1v) is 10.3. The first-order valence-electron chi connectivity index (χ1n) is 9.92. The molecule has 3 aromatic rings. The minimum Gasteiger partial charge on any atom is -0.507 e. The second-order valence-corrected chi connectivity index (χ2v) is 7.53. The molecule has 0 spiro atoms. The summed E-state index contributed by atoms with van der Waals surface area (Å²) in [6, 6.07) is 9.06. The average molecular weight is 471 g/mol. The topological polar surface area (TPSA) is 79.7 Å². The third kappa shape index (κ3) is 4.05. The molecule has 1 amide bonds. The van der Waals surface area contributed by atoms with Gasteiger partial charge in [-0.3, -0.25) is 19.5 Å². The summed E-state index contributed by atoms with van der Waals surface area (Å²) >= 11 is 6.27. The number of pyridine rings is 1. The molecule has 6 nitrogen and oxygen atoms in total. The number of anilines is 1. The molecule has 4 rings (SSSR count). The van der Waals surface area contributed by atoms with Crippen LogP contribution in [0.3, 0.4) is 0 Å². The first kappa shape index (κ1) is 22.4. The van der Waals surface area contributed by atoms with Crippen LogP contribution in [0.25, 0.3) is 5.76 Å². The van der Waals surface area contributed by atoms with Crippen LogP contribution in [0.4, 0.5) is 14.5 Å². The van der Waals surface area contributed by atoms with Gasteiger partial charge in [-0.1, -0.05) is 17.7 Å². The maximum absolute atomic E-state index is 14.7. The maximum atomic E-state index is 14.7. The molecule has 1 aliphatic heterocycles. The molecule has 1 atom stereocenters. The smallest absolute Gasteiger partial charge is 0.300 e. The van der Waals surface area contributed by atoms with Crippen LogP contribution in [0, 0.1) is 11.6 Å². The Kier molecular flexibility index (Phi) is 6.11. The molecular weight excluding hydrogens is 454 g/mol. The number of Topliss-reactive ketones (excluding diaryl/α,β-unsaturated/α-hetero) is 1. The Bertz CT molecular complexity index is 1280. The van der Waals surface area contributed by atoms with E-state index >= 15 is 0 Å². The Morgan fingerprint density at radius 3 is 2.64 bits per heavy atom. The second kappa shape index (κ2) is 8.99. The van der Waals surface area contributed by atoms with Gasteiger partial charge in [-0.15, -0.1) is 0 Å². The second-order valence-electron chi connectivity index (χ2n) is 7.13. The fourth-order valence-corrected chi connectivity index (χ4v) is 3.91. The van der Waals surface area contributed by atoms with E-state index in [4.69, 9.17) is 16.3 Å². The number of nitrogens with zero attached hydrogens (tertiary/aromatic N) is 2. The van der Waals surface area contributed by atoms with E-state index in [1.54, 1.807) is 25.1 Å². The number of ether oxygens (including phenoxy) is 1. The highest BCUT2D eigenvalue weighted by molar-refractivity contribution is 6.52. The summed E-state index contributed by atoms with van der Waals surface area (Å²) in [4.78, 5) is 31.0. The van der Waals surface area contributed by atoms with Crippen molar-refractivity contribution in [3.63, 3.8) is 0 Å². The van der Waals surface area contributed by atoms with Gasteiger partial charge in [-0.2, -0.15) is 0 Å². The number of hydrogen-bond acceptors (Lipinski definition) is 5. The van der Waals surface area contributed by atoms with E-state index in [-0.39, 0.29) is 21.8 Å². The van der Waals surface area contributed by atoms with Crippen LogP contribution in [-0.4, -0.2) is 28.4 Å². The van der Waals surface area contributed by atoms with E-state index in [0.717, 1.165) is 17.0 Å². The quantitative estimate of drug-likeness (QED) is 0.321. The summed E-state index contributed by atoms with van der Waals surface area (Å²) in [5.41, 5.74) is -0.235. The molecule has 0 saturated carbocycles. The molecule has 33 heavy (non-hydrogen) atoms. The minimum atomic E-state index is -1.23. The van der Waals surface area contributed by atoms with Crippen LogP contribution in [0.5, 0.6) is 5.75 Å². The van der Waals surface area contributed by atoms with Crippen molar-refractivity contribution in [2.24, 2.45) is 0 Å². The zero-order chi connectivity index (χ0) is 23.7. The lowest BCUT2D eigenvalue weighted by molar-refractivity contribution is -0.132. The van der Waals surface area contributed by atoms with Gasteiger partial charge in [0.25, 0.3) is 11.7 Å². The summed E-state index contributed by atoms with van der Waals surface area (Å²) in [5.74, 6) is -4.19. The van der Waals surface area contributed by atoms with Crippen LogP contribution < -0.4 is 9.64 Å². The lowest BCUT2D eigenvalue weighted by Crippen LogP contribution is -2.30. The van der Waals surface area contributed by atoms with Crippen molar-refractivity contribution in [2.75, 3.05) is 11.5 Å². The monoisotopic (exact) mass is 470 g/mol. The van der Waals surface area contributed by atoms with Crippen molar-refractivity contribution in [3.05, 3.63) is 94.3 Å². The zero-order valence-electron chi connectivity index (χ0n) is 17.3. The molecule has 2 aromatic carbocycles. The molecule has 168 valence electrons. The number of amides is 1. The van der Waals surface area contributed by atoms with E-state index in [1.165, 1.54) is 24.5 Å². The SMILES string of the molecule is CCOc1ccc(Cl)c(/C(O)=C2\C(=O)C(=O)N(c3ccc(F)cc3F)C2c2cccnc2)c1. The highest BCUT2D eigenvalue weighted by atomic mass is 35.5. The van der Waals surface area contributed by atoms with Crippen molar-refractivity contribution in [3.8, 4) is 5.75 Å². The molecule has 1 fully saturated rings. The number of ketones is 1. The number of aliphatic hydroxyl groups excluding tert-OH is 1. The normalized spacial score (nSPS) is 17.5. The Hall–Kier alpha value is -3.78. The van der Waals surface area contributed by atoms with Gasteiger partial charge in [0.15, 0.2) is 0 Å². The van der Waals surface area contributed by atoms with Gasteiger partial charge < -0.3 is 9.84 Å². The Morgan fingerprint density at radius 2 is 1.97 bits per heavy atom. The number of halogens is 3. The molecule has 9 heteroatoms. The molecule has 0 aliphatic carbocycles. The van der Waals surface area contributed by atoms with Gasteiger partial charge in [0, 0.05) is 24.0 Å². The molecule has 0 bridgehead atoms. The number of aliphatic hydroxyl groups is 1. The summed E-state index contributed by atoms with van der Waals surface area (Å²) in [7, 11) is 0. The first-order chi connectivity index (χ1) is 15.8. The Labute approximate surface area is 192 Å². The molecule has 1 saturated heterocycles. The van der Waals surface area contributed by atoms with Crippen LogP contribution >= 0.6 is 11.6 Å². The van der Waals surface area contributed by atoms with Crippen LogP contribution in [0.15, 0.2) is 66.5 Å². The predicted molar refractivity (Wildman–Crippen MR) is 118 cm³/mol. The van der Waals surface area contributed by atoms with Crippen molar-refractivity contribution in [2.45, 2.75) is 13.0 Å². The fraction of sp³-hybridized carbons (Fsp3) is 0.125. The molecule has 2 heterocycles. The van der Waals surface area contributed by atoms with Gasteiger partial charge in [0.2, 0.25) is 0 Å². The fourth-order valence-electron chi connectivity index (χ4n) is 3.70. The predicted octanol–water partition coefficient (Wildman–Crippen LogP) is 5.04.